The van der Waals surface area contributed by atoms with Gasteiger partial charge in [0.15, 0.2) is 0 Å². The number of aryl methyl sites for hydroxylation is 1. The van der Waals surface area contributed by atoms with Gasteiger partial charge in [0.1, 0.15) is 11.8 Å². The van der Waals surface area contributed by atoms with Crippen LogP contribution in [0.4, 0.5) is 11.4 Å². The molecule has 2 heterocycles. The maximum Gasteiger partial charge on any atom is 0.300 e. The normalized spacial score (nSPS) is 17.4. The average molecular weight is 427 g/mol. The average Bonchev–Trinajstić information content (AvgIpc) is 3.05. The molecule has 1 aliphatic rings. The zero-order chi connectivity index (χ0) is 22.8. The Morgan fingerprint density at radius 1 is 1.00 bits per heavy atom. The van der Waals surface area contributed by atoms with Gasteiger partial charge in [0.25, 0.3) is 11.7 Å². The summed E-state index contributed by atoms with van der Waals surface area (Å²) in [5.41, 5.74) is 2.87. The Labute approximate surface area is 185 Å². The lowest BCUT2D eigenvalue weighted by Crippen LogP contribution is -2.29. The standard InChI is InChI=1S/C25H21N3O4/c1-15-6-8-17(9-7-15)23(30)21-22(20-5-3-4-14-26-20)28(25(32)24(21)31)19-12-10-18(11-13-19)27-16(2)29/h3-14,22,30H,1-2H3,(H,27,29)/b23-21-. The second kappa shape index (κ2) is 8.47. The number of carbonyl (C=O) groups excluding carboxylic acids is 3. The van der Waals surface area contributed by atoms with Gasteiger partial charge in [-0.05, 0) is 43.3 Å². The van der Waals surface area contributed by atoms with Gasteiger partial charge in [-0.25, -0.2) is 0 Å². The number of hydrogen-bond donors (Lipinski definition) is 2. The highest BCUT2D eigenvalue weighted by atomic mass is 16.3. The predicted molar refractivity (Wildman–Crippen MR) is 121 cm³/mol. The lowest BCUT2D eigenvalue weighted by molar-refractivity contribution is -0.132. The van der Waals surface area contributed by atoms with E-state index < -0.39 is 17.7 Å². The van der Waals surface area contributed by atoms with Crippen LogP contribution < -0.4 is 10.2 Å². The van der Waals surface area contributed by atoms with E-state index in [1.165, 1.54) is 11.8 Å². The molecule has 1 aliphatic heterocycles. The van der Waals surface area contributed by atoms with E-state index in [0.29, 0.717) is 22.6 Å². The first-order chi connectivity index (χ1) is 15.4. The van der Waals surface area contributed by atoms with Gasteiger partial charge in [-0.3, -0.25) is 24.3 Å². The van der Waals surface area contributed by atoms with Crippen LogP contribution in [0.25, 0.3) is 5.76 Å². The summed E-state index contributed by atoms with van der Waals surface area (Å²) < 4.78 is 0. The summed E-state index contributed by atoms with van der Waals surface area (Å²) in [6.45, 7) is 3.32. The van der Waals surface area contributed by atoms with Crippen LogP contribution in [-0.2, 0) is 14.4 Å². The van der Waals surface area contributed by atoms with Crippen LogP contribution in [0.2, 0.25) is 0 Å². The van der Waals surface area contributed by atoms with Crippen molar-refractivity contribution >= 4 is 34.7 Å². The fraction of sp³-hybridized carbons (Fsp3) is 0.120. The Hall–Kier alpha value is -4.26. The van der Waals surface area contributed by atoms with Crippen molar-refractivity contribution in [2.45, 2.75) is 19.9 Å². The van der Waals surface area contributed by atoms with E-state index in [4.69, 9.17) is 0 Å². The number of anilines is 2. The zero-order valence-corrected chi connectivity index (χ0v) is 17.6. The predicted octanol–water partition coefficient (Wildman–Crippen LogP) is 3.97. The molecule has 0 radical (unpaired) electrons. The third-order valence-corrected chi connectivity index (χ3v) is 5.20. The largest absolute Gasteiger partial charge is 0.507 e. The van der Waals surface area contributed by atoms with Crippen molar-refractivity contribution < 1.29 is 19.5 Å². The molecule has 7 heteroatoms. The number of benzene rings is 2. The third kappa shape index (κ3) is 3.88. The Morgan fingerprint density at radius 2 is 1.69 bits per heavy atom. The molecule has 0 saturated carbocycles. The minimum atomic E-state index is -0.899. The summed E-state index contributed by atoms with van der Waals surface area (Å²) in [4.78, 5) is 43.1. The molecule has 3 aromatic rings. The van der Waals surface area contributed by atoms with E-state index in [1.54, 1.807) is 60.8 Å². The fourth-order valence-electron chi connectivity index (χ4n) is 3.69. The van der Waals surface area contributed by atoms with Crippen LogP contribution in [0.15, 0.2) is 78.5 Å². The van der Waals surface area contributed by atoms with E-state index in [9.17, 15) is 19.5 Å². The van der Waals surface area contributed by atoms with Crippen molar-refractivity contribution in [1.29, 1.82) is 0 Å². The van der Waals surface area contributed by atoms with Crippen molar-refractivity contribution in [3.8, 4) is 0 Å². The molecule has 0 spiro atoms. The number of nitrogens with zero attached hydrogens (tertiary/aromatic N) is 2. The lowest BCUT2D eigenvalue weighted by atomic mass is 9.97. The number of nitrogens with one attached hydrogen (secondary N) is 1. The Bertz CT molecular complexity index is 1220. The lowest BCUT2D eigenvalue weighted by Gasteiger charge is -2.24. The first-order valence-corrected chi connectivity index (χ1v) is 10.0. The van der Waals surface area contributed by atoms with E-state index in [1.807, 2.05) is 19.1 Å². The van der Waals surface area contributed by atoms with Crippen LogP contribution in [0, 0.1) is 6.92 Å². The molecule has 32 heavy (non-hydrogen) atoms. The van der Waals surface area contributed by atoms with Crippen molar-refractivity contribution in [3.63, 3.8) is 0 Å². The van der Waals surface area contributed by atoms with E-state index in [2.05, 4.69) is 10.3 Å². The number of carbonyl (C=O) groups is 3. The maximum absolute atomic E-state index is 13.1. The molecule has 0 bridgehead atoms. The number of amides is 2. The van der Waals surface area contributed by atoms with Gasteiger partial charge in [-0.1, -0.05) is 35.9 Å². The summed E-state index contributed by atoms with van der Waals surface area (Å²) in [6, 6.07) is 17.9. The number of aliphatic hydroxyl groups is 1. The number of aliphatic hydroxyl groups excluding tert-OH is 1. The Balaban J connectivity index is 1.85. The smallest absolute Gasteiger partial charge is 0.300 e. The number of Topliss-reactive ketones (excluding diaryl/α,β-unsaturated/α-hetero) is 1. The van der Waals surface area contributed by atoms with Crippen molar-refractivity contribution in [1.82, 2.24) is 4.98 Å². The number of ketones is 1. The van der Waals surface area contributed by atoms with Gasteiger partial charge in [0, 0.05) is 30.1 Å². The monoisotopic (exact) mass is 427 g/mol. The first-order valence-electron chi connectivity index (χ1n) is 10.0. The van der Waals surface area contributed by atoms with Crippen LogP contribution in [0.5, 0.6) is 0 Å². The molecule has 1 fully saturated rings. The highest BCUT2D eigenvalue weighted by Crippen LogP contribution is 2.41. The van der Waals surface area contributed by atoms with Crippen LogP contribution >= 0.6 is 0 Å². The van der Waals surface area contributed by atoms with Gasteiger partial charge in [0.05, 0.1) is 11.3 Å². The minimum Gasteiger partial charge on any atom is -0.507 e. The molecule has 2 N–H and O–H groups in total. The molecule has 1 saturated heterocycles. The van der Waals surface area contributed by atoms with Gasteiger partial charge in [-0.2, -0.15) is 0 Å². The van der Waals surface area contributed by atoms with Crippen LogP contribution in [-0.4, -0.2) is 27.7 Å². The number of hydrogen-bond acceptors (Lipinski definition) is 5. The van der Waals surface area contributed by atoms with E-state index >= 15 is 0 Å². The molecule has 7 nitrogen and oxygen atoms in total. The van der Waals surface area contributed by atoms with E-state index in [0.717, 1.165) is 5.56 Å². The molecular weight excluding hydrogens is 406 g/mol. The zero-order valence-electron chi connectivity index (χ0n) is 17.6. The molecule has 2 amide bonds. The van der Waals surface area contributed by atoms with Crippen LogP contribution in [0.3, 0.4) is 0 Å². The molecule has 1 aromatic heterocycles. The topological polar surface area (TPSA) is 99.6 Å². The Kier molecular flexibility index (Phi) is 5.55. The summed E-state index contributed by atoms with van der Waals surface area (Å²) in [5.74, 6) is -2.02. The van der Waals surface area contributed by atoms with Gasteiger partial charge in [-0.15, -0.1) is 0 Å². The van der Waals surface area contributed by atoms with E-state index in [-0.39, 0.29) is 17.2 Å². The second-order valence-corrected chi connectivity index (χ2v) is 7.52. The van der Waals surface area contributed by atoms with Gasteiger partial charge < -0.3 is 10.4 Å². The molecule has 1 atom stereocenters. The third-order valence-electron chi connectivity index (χ3n) is 5.20. The molecule has 1 unspecified atom stereocenters. The Morgan fingerprint density at radius 3 is 2.28 bits per heavy atom. The van der Waals surface area contributed by atoms with Gasteiger partial charge >= 0.3 is 0 Å². The van der Waals surface area contributed by atoms with Crippen molar-refractivity contribution in [2.24, 2.45) is 0 Å². The SMILES string of the molecule is CC(=O)Nc1ccc(N2C(=O)C(=O)/C(=C(\O)c3ccc(C)cc3)C2c2ccccn2)cc1. The highest BCUT2D eigenvalue weighted by molar-refractivity contribution is 6.51. The highest BCUT2D eigenvalue weighted by Gasteiger charge is 2.47. The van der Waals surface area contributed by atoms with Crippen molar-refractivity contribution in [2.75, 3.05) is 10.2 Å². The summed E-state index contributed by atoms with van der Waals surface area (Å²) in [6.07, 6.45) is 1.57. The van der Waals surface area contributed by atoms with Crippen LogP contribution in [0.1, 0.15) is 29.8 Å². The summed E-state index contributed by atoms with van der Waals surface area (Å²) in [5, 5.41) is 13.7. The fourth-order valence-corrected chi connectivity index (χ4v) is 3.69. The molecule has 160 valence electrons. The second-order valence-electron chi connectivity index (χ2n) is 7.52. The number of pyridine rings is 1. The summed E-state index contributed by atoms with van der Waals surface area (Å²) in [7, 11) is 0. The number of rotatable bonds is 4. The minimum absolute atomic E-state index is 0.0245. The number of aromatic nitrogens is 1. The molecular formula is C25H21N3O4. The molecule has 2 aromatic carbocycles. The summed E-state index contributed by atoms with van der Waals surface area (Å²) >= 11 is 0. The van der Waals surface area contributed by atoms with Gasteiger partial charge in [0.2, 0.25) is 5.91 Å². The van der Waals surface area contributed by atoms with Crippen molar-refractivity contribution in [3.05, 3.63) is 95.3 Å². The molecule has 4 rings (SSSR count). The quantitative estimate of drug-likeness (QED) is 0.373. The maximum atomic E-state index is 13.1. The molecule has 0 aliphatic carbocycles. The first kappa shape index (κ1) is 21.0.